The van der Waals surface area contributed by atoms with Gasteiger partial charge >= 0.3 is 6.09 Å². The zero-order chi connectivity index (χ0) is 19.9. The van der Waals surface area contributed by atoms with Crippen molar-refractivity contribution in [1.82, 2.24) is 0 Å². The fourth-order valence-corrected chi connectivity index (χ4v) is 2.58. The molecule has 5 nitrogen and oxygen atoms in total. The molecular weight excluding hydrogens is 475 g/mol. The Hall–Kier alpha value is -2.18. The van der Waals surface area contributed by atoms with E-state index < -0.39 is 11.7 Å². The average Bonchev–Trinajstić information content (AvgIpc) is 2.60. The highest BCUT2D eigenvalue weighted by atomic mass is 127. The van der Waals surface area contributed by atoms with E-state index >= 15 is 0 Å². The summed E-state index contributed by atoms with van der Waals surface area (Å²) in [5.74, 6) is 2.69. The monoisotopic (exact) mass is 494 g/mol. The standard InChI is InChI=1S/C20H19IN2O3S/c1-20(2,3)26-19(25)23-17-7-5-4-6-16(17)22-18(24)15-10-8-14(9-11-15)12-13-27-21/h4-11H,1-3H3,(H,22,24)(H,23,25). The summed E-state index contributed by atoms with van der Waals surface area (Å²) in [5.41, 5.74) is 1.67. The quantitative estimate of drug-likeness (QED) is 0.426. The Labute approximate surface area is 175 Å². The number of rotatable bonds is 3. The van der Waals surface area contributed by atoms with Crippen LogP contribution < -0.4 is 10.6 Å². The van der Waals surface area contributed by atoms with E-state index in [4.69, 9.17) is 4.74 Å². The van der Waals surface area contributed by atoms with Crippen LogP contribution in [0.1, 0.15) is 36.7 Å². The third kappa shape index (κ3) is 7.15. The summed E-state index contributed by atoms with van der Waals surface area (Å²) in [6.45, 7) is 5.35. The van der Waals surface area contributed by atoms with Gasteiger partial charge in [-0.1, -0.05) is 18.1 Å². The van der Waals surface area contributed by atoms with Gasteiger partial charge in [0.05, 0.1) is 11.4 Å². The molecule has 140 valence electrons. The number of ether oxygens (including phenoxy) is 1. The Morgan fingerprint density at radius 2 is 1.59 bits per heavy atom. The third-order valence-corrected chi connectivity index (χ3v) is 4.03. The molecule has 0 spiro atoms. The minimum Gasteiger partial charge on any atom is -0.444 e. The smallest absolute Gasteiger partial charge is 0.412 e. The van der Waals surface area contributed by atoms with E-state index in [1.807, 2.05) is 0 Å². The van der Waals surface area contributed by atoms with Crippen molar-refractivity contribution < 1.29 is 14.3 Å². The molecule has 0 unspecified atom stereocenters. The van der Waals surface area contributed by atoms with Crippen LogP contribution in [-0.4, -0.2) is 17.6 Å². The number of hydrogen-bond acceptors (Lipinski definition) is 4. The maximum atomic E-state index is 12.5. The van der Waals surface area contributed by atoms with E-state index in [1.54, 1.807) is 69.3 Å². The van der Waals surface area contributed by atoms with Gasteiger partial charge in [-0.25, -0.2) is 4.79 Å². The molecule has 2 rings (SSSR count). The summed E-state index contributed by atoms with van der Waals surface area (Å²) in [7, 11) is 1.40. The molecule has 0 heterocycles. The molecule has 0 bridgehead atoms. The zero-order valence-electron chi connectivity index (χ0n) is 15.1. The van der Waals surface area contributed by atoms with E-state index in [0.717, 1.165) is 5.56 Å². The van der Waals surface area contributed by atoms with Gasteiger partial charge in [-0.15, -0.1) is 0 Å². The van der Waals surface area contributed by atoms with Crippen LogP contribution in [0.5, 0.6) is 0 Å². The van der Waals surface area contributed by atoms with Crippen LogP contribution >= 0.6 is 30.1 Å². The molecule has 0 fully saturated rings. The lowest BCUT2D eigenvalue weighted by molar-refractivity contribution is 0.0635. The maximum Gasteiger partial charge on any atom is 0.412 e. The summed E-state index contributed by atoms with van der Waals surface area (Å²) in [6, 6.07) is 13.9. The Bertz CT molecular complexity index is 881. The molecule has 2 aromatic rings. The first-order chi connectivity index (χ1) is 12.8. The van der Waals surface area contributed by atoms with Crippen molar-refractivity contribution in [3.05, 3.63) is 59.7 Å². The van der Waals surface area contributed by atoms with Gasteiger partial charge in [-0.2, -0.15) is 0 Å². The number of carbonyl (C=O) groups excluding carboxylic acids is 2. The molecule has 0 aliphatic carbocycles. The zero-order valence-corrected chi connectivity index (χ0v) is 18.1. The van der Waals surface area contributed by atoms with E-state index in [9.17, 15) is 9.59 Å². The highest BCUT2D eigenvalue weighted by Crippen LogP contribution is 2.23. The van der Waals surface area contributed by atoms with Crippen LogP contribution in [0.2, 0.25) is 0 Å². The summed E-state index contributed by atoms with van der Waals surface area (Å²) in [5, 5.41) is 8.36. The SMILES string of the molecule is CC(C)(C)OC(=O)Nc1ccccc1NC(=O)c1ccc(C#CSI)cc1. The average molecular weight is 494 g/mol. The number of benzene rings is 2. The second-order valence-electron chi connectivity index (χ2n) is 6.51. The van der Waals surface area contributed by atoms with E-state index in [-0.39, 0.29) is 5.91 Å². The third-order valence-electron chi connectivity index (χ3n) is 3.19. The minimum atomic E-state index is -0.608. The molecule has 2 amide bonds. The highest BCUT2D eigenvalue weighted by Gasteiger charge is 2.17. The molecule has 0 aromatic heterocycles. The molecule has 0 atom stereocenters. The first kappa shape index (κ1) is 21.1. The Morgan fingerprint density at radius 3 is 2.15 bits per heavy atom. The molecule has 0 saturated carbocycles. The minimum absolute atomic E-state index is 0.281. The molecule has 0 aliphatic rings. The van der Waals surface area contributed by atoms with Crippen LogP contribution in [-0.2, 0) is 4.74 Å². The van der Waals surface area contributed by atoms with Crippen molar-refractivity contribution in [1.29, 1.82) is 0 Å². The second-order valence-corrected chi connectivity index (χ2v) is 8.19. The van der Waals surface area contributed by atoms with Crippen molar-refractivity contribution in [2.45, 2.75) is 26.4 Å². The molecule has 0 saturated heterocycles. The van der Waals surface area contributed by atoms with Crippen molar-refractivity contribution in [3.63, 3.8) is 0 Å². The van der Waals surface area contributed by atoms with Crippen molar-refractivity contribution in [2.75, 3.05) is 10.6 Å². The van der Waals surface area contributed by atoms with Crippen LogP contribution in [0.15, 0.2) is 48.5 Å². The normalized spacial score (nSPS) is 10.4. The lowest BCUT2D eigenvalue weighted by Crippen LogP contribution is -2.27. The van der Waals surface area contributed by atoms with E-state index in [0.29, 0.717) is 16.9 Å². The Morgan fingerprint density at radius 1 is 1.00 bits per heavy atom. The molecule has 0 radical (unpaired) electrons. The molecular formula is C20H19IN2O3S. The van der Waals surface area contributed by atoms with Gasteiger partial charge in [0.25, 0.3) is 5.91 Å². The number of anilines is 2. The van der Waals surface area contributed by atoms with Gasteiger partial charge in [0.2, 0.25) is 0 Å². The van der Waals surface area contributed by atoms with Crippen LogP contribution in [0.3, 0.4) is 0 Å². The van der Waals surface area contributed by atoms with E-state index in [1.165, 1.54) is 8.93 Å². The van der Waals surface area contributed by atoms with Gasteiger partial charge < -0.3 is 10.1 Å². The Kier molecular flexibility index (Phi) is 7.56. The largest absolute Gasteiger partial charge is 0.444 e. The van der Waals surface area contributed by atoms with Crippen molar-refractivity contribution in [3.8, 4) is 11.2 Å². The van der Waals surface area contributed by atoms with E-state index in [2.05, 4.69) is 43.0 Å². The molecule has 2 N–H and O–H groups in total. The van der Waals surface area contributed by atoms with Gasteiger partial charge in [0.15, 0.2) is 0 Å². The molecule has 27 heavy (non-hydrogen) atoms. The first-order valence-corrected chi connectivity index (χ1v) is 11.4. The van der Waals surface area contributed by atoms with Crippen molar-refractivity contribution in [2.24, 2.45) is 0 Å². The number of nitrogens with one attached hydrogen (secondary N) is 2. The lowest BCUT2D eigenvalue weighted by Gasteiger charge is -2.20. The second kappa shape index (κ2) is 9.67. The number of hydrogen-bond donors (Lipinski definition) is 2. The predicted octanol–water partition coefficient (Wildman–Crippen LogP) is 5.68. The fraction of sp³-hybridized carbons (Fsp3) is 0.200. The number of para-hydroxylation sites is 2. The topological polar surface area (TPSA) is 67.4 Å². The summed E-state index contributed by atoms with van der Waals surface area (Å²) >= 11 is 2.10. The fourth-order valence-electron chi connectivity index (χ4n) is 2.09. The summed E-state index contributed by atoms with van der Waals surface area (Å²) < 4.78 is 5.25. The highest BCUT2D eigenvalue weighted by molar-refractivity contribution is 14.2. The molecule has 0 aliphatic heterocycles. The number of carbonyl (C=O) groups is 2. The maximum absolute atomic E-state index is 12.5. The Balaban J connectivity index is 2.11. The van der Waals surface area contributed by atoms with Gasteiger partial charge in [-0.3, -0.25) is 10.1 Å². The summed E-state index contributed by atoms with van der Waals surface area (Å²) in [6.07, 6.45) is -0.583. The van der Waals surface area contributed by atoms with Gasteiger partial charge in [-0.05, 0) is 71.4 Å². The first-order valence-electron chi connectivity index (χ1n) is 8.07. The molecule has 2 aromatic carbocycles. The van der Waals surface area contributed by atoms with Gasteiger partial charge in [0, 0.05) is 32.3 Å². The van der Waals surface area contributed by atoms with Crippen LogP contribution in [0.25, 0.3) is 0 Å². The predicted molar refractivity (Wildman–Crippen MR) is 119 cm³/mol. The summed E-state index contributed by atoms with van der Waals surface area (Å²) in [4.78, 5) is 24.5. The van der Waals surface area contributed by atoms with Crippen LogP contribution in [0, 0.1) is 11.2 Å². The van der Waals surface area contributed by atoms with Crippen LogP contribution in [0.4, 0.5) is 16.2 Å². The lowest BCUT2D eigenvalue weighted by atomic mass is 10.1. The number of halogens is 1. The van der Waals surface area contributed by atoms with Gasteiger partial charge in [0.1, 0.15) is 5.60 Å². The molecule has 7 heteroatoms. The van der Waals surface area contributed by atoms with Crippen molar-refractivity contribution >= 4 is 53.5 Å². The number of amides is 2.